The van der Waals surface area contributed by atoms with Gasteiger partial charge in [0.25, 0.3) is 0 Å². The summed E-state index contributed by atoms with van der Waals surface area (Å²) in [5, 5.41) is 11.8. The van der Waals surface area contributed by atoms with Gasteiger partial charge in [0.05, 0.1) is 0 Å². The second-order valence-electron chi connectivity index (χ2n) is 13.3. The first-order chi connectivity index (χ1) is 15.4. The third kappa shape index (κ3) is 4.10. The van der Waals surface area contributed by atoms with E-state index in [0.29, 0.717) is 29.6 Å². The SMILES string of the molecule is CC(=O)O[C@H]1CC[C@]2(C)[C@H]3CC[C@]4(C)[C@@H]([C@H](C)CCCC(C)C)CC[C@H]4[C@@H]3CC(=O)[C@]2(O)C1. The molecule has 4 heteroatoms. The lowest BCUT2D eigenvalue weighted by Gasteiger charge is -2.63. The Hall–Kier alpha value is -0.900. The number of hydrogen-bond donors (Lipinski definition) is 1. The molecule has 188 valence electrons. The number of carbonyl (C=O) groups is 2. The van der Waals surface area contributed by atoms with Crippen molar-refractivity contribution in [3.05, 3.63) is 0 Å². The van der Waals surface area contributed by atoms with E-state index in [0.717, 1.165) is 37.0 Å². The summed E-state index contributed by atoms with van der Waals surface area (Å²) in [4.78, 5) is 25.1. The second-order valence-corrected chi connectivity index (χ2v) is 13.3. The van der Waals surface area contributed by atoms with Gasteiger partial charge in [0.15, 0.2) is 5.78 Å². The molecule has 0 aliphatic heterocycles. The Labute approximate surface area is 201 Å². The summed E-state index contributed by atoms with van der Waals surface area (Å²) in [7, 11) is 0. The van der Waals surface area contributed by atoms with E-state index in [2.05, 4.69) is 34.6 Å². The molecule has 0 aromatic carbocycles. The summed E-state index contributed by atoms with van der Waals surface area (Å²) in [6, 6.07) is 0. The van der Waals surface area contributed by atoms with Crippen LogP contribution in [-0.4, -0.2) is 28.6 Å². The third-order valence-electron chi connectivity index (χ3n) is 11.1. The van der Waals surface area contributed by atoms with Gasteiger partial charge in [0.2, 0.25) is 0 Å². The molecular weight excluding hydrogens is 412 g/mol. The van der Waals surface area contributed by atoms with Crippen LogP contribution in [0.1, 0.15) is 112 Å². The molecule has 0 spiro atoms. The second kappa shape index (κ2) is 8.95. The highest BCUT2D eigenvalue weighted by atomic mass is 16.5. The third-order valence-corrected chi connectivity index (χ3v) is 11.1. The lowest BCUT2D eigenvalue weighted by molar-refractivity contribution is -0.217. The Morgan fingerprint density at radius 3 is 2.45 bits per heavy atom. The number of aliphatic hydroxyl groups is 1. The van der Waals surface area contributed by atoms with Gasteiger partial charge in [-0.2, -0.15) is 0 Å². The molecule has 0 aromatic rings. The Morgan fingerprint density at radius 2 is 1.79 bits per heavy atom. The van der Waals surface area contributed by atoms with Crippen molar-refractivity contribution in [2.75, 3.05) is 0 Å². The van der Waals surface area contributed by atoms with E-state index in [-0.39, 0.29) is 24.3 Å². The zero-order valence-corrected chi connectivity index (χ0v) is 22.0. The predicted octanol–water partition coefficient (Wildman–Crippen LogP) is 6.33. The number of fused-ring (bicyclic) bond motifs is 5. The molecule has 0 amide bonds. The van der Waals surface area contributed by atoms with Gasteiger partial charge in [-0.25, -0.2) is 0 Å². The lowest BCUT2D eigenvalue weighted by atomic mass is 9.42. The van der Waals surface area contributed by atoms with E-state index < -0.39 is 11.0 Å². The molecule has 4 nitrogen and oxygen atoms in total. The molecule has 33 heavy (non-hydrogen) atoms. The van der Waals surface area contributed by atoms with Gasteiger partial charge in [-0.1, -0.05) is 53.9 Å². The highest BCUT2D eigenvalue weighted by Crippen LogP contribution is 2.68. The standard InChI is InChI=1S/C29H48O4/c1-18(2)8-7-9-19(3)23-10-11-24-22-16-26(31)29(32)17-21(33-20(4)30)12-15-28(29,6)25(22)13-14-27(23,24)5/h18-19,21-25,32H,7-17H2,1-6H3/t19-,21+,22+,23-,24+,25+,27-,28-,29-/m1/s1. The average molecular weight is 461 g/mol. The molecule has 0 radical (unpaired) electrons. The maximum absolute atomic E-state index is 13.6. The van der Waals surface area contributed by atoms with Crippen LogP contribution in [0.5, 0.6) is 0 Å². The van der Waals surface area contributed by atoms with Crippen LogP contribution in [0.15, 0.2) is 0 Å². The van der Waals surface area contributed by atoms with Crippen molar-refractivity contribution in [3.63, 3.8) is 0 Å². The van der Waals surface area contributed by atoms with Gasteiger partial charge in [0, 0.05) is 25.2 Å². The monoisotopic (exact) mass is 460 g/mol. The van der Waals surface area contributed by atoms with Crippen LogP contribution < -0.4 is 0 Å². The van der Waals surface area contributed by atoms with Gasteiger partial charge in [0.1, 0.15) is 11.7 Å². The van der Waals surface area contributed by atoms with E-state index in [1.54, 1.807) is 0 Å². The summed E-state index contributed by atoms with van der Waals surface area (Å²) in [6.07, 6.45) is 10.9. The fourth-order valence-corrected chi connectivity index (χ4v) is 9.36. The largest absolute Gasteiger partial charge is 0.462 e. The van der Waals surface area contributed by atoms with E-state index in [4.69, 9.17) is 4.74 Å². The molecule has 0 bridgehead atoms. The van der Waals surface area contributed by atoms with Crippen molar-refractivity contribution in [1.29, 1.82) is 0 Å². The summed E-state index contributed by atoms with van der Waals surface area (Å²) in [5.41, 5.74) is -1.41. The van der Waals surface area contributed by atoms with Crippen molar-refractivity contribution in [2.24, 2.45) is 46.3 Å². The number of Topliss-reactive ketones (excluding diaryl/α,β-unsaturated/α-hetero) is 1. The van der Waals surface area contributed by atoms with E-state index in [9.17, 15) is 14.7 Å². The van der Waals surface area contributed by atoms with Crippen LogP contribution in [0.2, 0.25) is 0 Å². The molecule has 1 N–H and O–H groups in total. The predicted molar refractivity (Wildman–Crippen MR) is 130 cm³/mol. The molecule has 0 aromatic heterocycles. The molecule has 4 aliphatic carbocycles. The van der Waals surface area contributed by atoms with Crippen LogP contribution in [-0.2, 0) is 14.3 Å². The summed E-state index contributed by atoms with van der Waals surface area (Å²) >= 11 is 0. The van der Waals surface area contributed by atoms with Crippen molar-refractivity contribution in [2.45, 2.75) is 124 Å². The van der Waals surface area contributed by atoms with Crippen LogP contribution in [0, 0.1) is 46.3 Å². The Kier molecular flexibility index (Phi) is 6.84. The van der Waals surface area contributed by atoms with Gasteiger partial charge in [-0.05, 0) is 79.4 Å². The van der Waals surface area contributed by atoms with Crippen molar-refractivity contribution in [1.82, 2.24) is 0 Å². The van der Waals surface area contributed by atoms with Crippen molar-refractivity contribution >= 4 is 11.8 Å². The minimum atomic E-state index is -1.34. The van der Waals surface area contributed by atoms with Gasteiger partial charge in [-0.3, -0.25) is 9.59 Å². The lowest BCUT2D eigenvalue weighted by Crippen LogP contribution is -2.67. The molecule has 4 rings (SSSR count). The fraction of sp³-hybridized carbons (Fsp3) is 0.931. The first kappa shape index (κ1) is 25.2. The minimum absolute atomic E-state index is 0.0146. The quantitative estimate of drug-likeness (QED) is 0.470. The molecule has 9 atom stereocenters. The van der Waals surface area contributed by atoms with Gasteiger partial charge in [-0.15, -0.1) is 0 Å². The van der Waals surface area contributed by atoms with Crippen LogP contribution in [0.4, 0.5) is 0 Å². The Bertz CT molecular complexity index is 761. The Balaban J connectivity index is 1.52. The summed E-state index contributed by atoms with van der Waals surface area (Å²) in [6.45, 7) is 13.2. The van der Waals surface area contributed by atoms with Crippen LogP contribution >= 0.6 is 0 Å². The average Bonchev–Trinajstić information content (AvgIpc) is 3.07. The fourth-order valence-electron chi connectivity index (χ4n) is 9.36. The smallest absolute Gasteiger partial charge is 0.302 e. The number of esters is 1. The highest BCUT2D eigenvalue weighted by Gasteiger charge is 2.68. The van der Waals surface area contributed by atoms with Crippen LogP contribution in [0.3, 0.4) is 0 Å². The van der Waals surface area contributed by atoms with Gasteiger partial charge < -0.3 is 9.84 Å². The number of ketones is 1. The summed E-state index contributed by atoms with van der Waals surface area (Å²) in [5.74, 6) is 3.39. The topological polar surface area (TPSA) is 63.6 Å². The first-order valence-electron chi connectivity index (χ1n) is 13.8. The first-order valence-corrected chi connectivity index (χ1v) is 13.8. The van der Waals surface area contributed by atoms with E-state index >= 15 is 0 Å². The molecule has 0 unspecified atom stereocenters. The van der Waals surface area contributed by atoms with Crippen molar-refractivity contribution in [3.8, 4) is 0 Å². The number of hydrogen-bond acceptors (Lipinski definition) is 4. The number of rotatable bonds is 6. The Morgan fingerprint density at radius 1 is 1.06 bits per heavy atom. The molecule has 0 heterocycles. The zero-order chi connectivity index (χ0) is 24.2. The van der Waals surface area contributed by atoms with Gasteiger partial charge >= 0.3 is 5.97 Å². The molecule has 4 fully saturated rings. The molecular formula is C29H48O4. The van der Waals surface area contributed by atoms with E-state index in [1.165, 1.54) is 45.4 Å². The van der Waals surface area contributed by atoms with Crippen LogP contribution in [0.25, 0.3) is 0 Å². The number of ether oxygens (including phenoxy) is 1. The zero-order valence-electron chi connectivity index (χ0n) is 22.0. The molecule has 4 aliphatic rings. The summed E-state index contributed by atoms with van der Waals surface area (Å²) < 4.78 is 5.46. The number of carbonyl (C=O) groups excluding carboxylic acids is 2. The van der Waals surface area contributed by atoms with E-state index in [1.807, 2.05) is 0 Å². The minimum Gasteiger partial charge on any atom is -0.462 e. The highest BCUT2D eigenvalue weighted by molar-refractivity contribution is 5.89. The maximum atomic E-state index is 13.6. The molecule has 4 saturated carbocycles. The molecule has 0 saturated heterocycles. The van der Waals surface area contributed by atoms with Crippen molar-refractivity contribution < 1.29 is 19.4 Å². The maximum Gasteiger partial charge on any atom is 0.302 e. The normalized spacial score (nSPS) is 45.8.